The van der Waals surface area contributed by atoms with E-state index >= 15 is 0 Å². The summed E-state index contributed by atoms with van der Waals surface area (Å²) in [4.78, 5) is 23.2. The number of aliphatic carboxylic acids is 1. The van der Waals surface area contributed by atoms with Crippen LogP contribution in [0.5, 0.6) is 0 Å². The number of carbonyl (C=O) groups is 2. The molecule has 100 valence electrons. The lowest BCUT2D eigenvalue weighted by Gasteiger charge is -2.26. The summed E-state index contributed by atoms with van der Waals surface area (Å²) < 4.78 is 4.87. The summed E-state index contributed by atoms with van der Waals surface area (Å²) in [6.07, 6.45) is 2.09. The molecular weight excluding hydrogens is 224 g/mol. The Morgan fingerprint density at radius 2 is 1.82 bits per heavy atom. The second-order valence-corrected chi connectivity index (χ2v) is 4.04. The monoisotopic (exact) mass is 246 g/mol. The van der Waals surface area contributed by atoms with Gasteiger partial charge in [0.2, 0.25) is 0 Å². The van der Waals surface area contributed by atoms with Crippen LogP contribution in [0, 0.1) is 5.41 Å². The fourth-order valence-electron chi connectivity index (χ4n) is 1.86. The third-order valence-corrected chi connectivity index (χ3v) is 2.76. The largest absolute Gasteiger partial charge is 0.480 e. The fraction of sp³-hybridized carbons (Fsp3) is 0.833. The average Bonchev–Trinajstić information content (AvgIpc) is 2.28. The first-order chi connectivity index (χ1) is 8.05. The number of carboxylic acid groups (broad SMARTS) is 1. The Morgan fingerprint density at radius 1 is 1.18 bits per heavy atom. The molecule has 0 saturated heterocycles. The molecule has 5 heteroatoms. The van der Waals surface area contributed by atoms with E-state index in [-0.39, 0.29) is 26.1 Å². The van der Waals surface area contributed by atoms with Crippen LogP contribution in [0.1, 0.15) is 46.0 Å². The van der Waals surface area contributed by atoms with E-state index in [1.807, 2.05) is 6.92 Å². The zero-order valence-electron chi connectivity index (χ0n) is 10.6. The minimum Gasteiger partial charge on any atom is -0.480 e. The molecule has 0 aliphatic rings. The molecule has 1 unspecified atom stereocenters. The van der Waals surface area contributed by atoms with Crippen molar-refractivity contribution in [2.24, 2.45) is 5.41 Å². The van der Waals surface area contributed by atoms with Gasteiger partial charge in [-0.25, -0.2) is 0 Å². The van der Waals surface area contributed by atoms with Gasteiger partial charge in [-0.15, -0.1) is 0 Å². The summed E-state index contributed by atoms with van der Waals surface area (Å²) in [7, 11) is 0. The molecule has 0 aromatic heterocycles. The highest BCUT2D eigenvalue weighted by Gasteiger charge is 2.46. The molecule has 0 rings (SSSR count). The van der Waals surface area contributed by atoms with E-state index in [0.717, 1.165) is 0 Å². The Hall–Kier alpha value is -1.10. The number of unbranched alkanes of at least 4 members (excludes halogenated alkanes) is 1. The van der Waals surface area contributed by atoms with E-state index in [1.165, 1.54) is 0 Å². The van der Waals surface area contributed by atoms with Gasteiger partial charge in [0, 0.05) is 6.61 Å². The molecule has 0 heterocycles. The topological polar surface area (TPSA) is 83.8 Å². The van der Waals surface area contributed by atoms with E-state index in [0.29, 0.717) is 19.3 Å². The SMILES string of the molecule is CCCC(CCCCO)(C(=O)O)C(=O)OCC. The normalized spacial score (nSPS) is 14.1. The molecule has 2 N–H and O–H groups in total. The molecule has 0 aliphatic heterocycles. The first-order valence-corrected chi connectivity index (χ1v) is 6.06. The number of carbonyl (C=O) groups excluding carboxylic acids is 1. The molecule has 17 heavy (non-hydrogen) atoms. The molecule has 0 amide bonds. The third kappa shape index (κ3) is 4.34. The summed E-state index contributed by atoms with van der Waals surface area (Å²) >= 11 is 0. The summed E-state index contributed by atoms with van der Waals surface area (Å²) in [6, 6.07) is 0. The van der Waals surface area contributed by atoms with Crippen molar-refractivity contribution in [2.45, 2.75) is 46.0 Å². The van der Waals surface area contributed by atoms with Crippen LogP contribution in [0.2, 0.25) is 0 Å². The van der Waals surface area contributed by atoms with Gasteiger partial charge in [0.15, 0.2) is 5.41 Å². The minimum atomic E-state index is -1.44. The highest BCUT2D eigenvalue weighted by atomic mass is 16.5. The number of rotatable bonds is 9. The van der Waals surface area contributed by atoms with Crippen molar-refractivity contribution in [1.82, 2.24) is 0 Å². The van der Waals surface area contributed by atoms with E-state index < -0.39 is 17.4 Å². The molecule has 0 bridgehead atoms. The lowest BCUT2D eigenvalue weighted by molar-refractivity contribution is -0.170. The Morgan fingerprint density at radius 3 is 2.24 bits per heavy atom. The van der Waals surface area contributed by atoms with Crippen LogP contribution in [0.4, 0.5) is 0 Å². The molecule has 1 atom stereocenters. The van der Waals surface area contributed by atoms with Gasteiger partial charge in [0.05, 0.1) is 6.61 Å². The smallest absolute Gasteiger partial charge is 0.323 e. The maximum Gasteiger partial charge on any atom is 0.323 e. The van der Waals surface area contributed by atoms with Crippen LogP contribution in [-0.4, -0.2) is 35.4 Å². The van der Waals surface area contributed by atoms with Gasteiger partial charge >= 0.3 is 11.9 Å². The molecule has 0 saturated carbocycles. The molecule has 0 fully saturated rings. The second-order valence-electron chi connectivity index (χ2n) is 4.04. The summed E-state index contributed by atoms with van der Waals surface area (Å²) in [5.41, 5.74) is -1.44. The lowest BCUT2D eigenvalue weighted by Crippen LogP contribution is -2.40. The van der Waals surface area contributed by atoms with Gasteiger partial charge in [-0.2, -0.15) is 0 Å². The van der Waals surface area contributed by atoms with Crippen molar-refractivity contribution in [3.8, 4) is 0 Å². The van der Waals surface area contributed by atoms with Crippen LogP contribution in [0.15, 0.2) is 0 Å². The molecule has 0 aromatic carbocycles. The number of hydrogen-bond donors (Lipinski definition) is 2. The zero-order chi connectivity index (χ0) is 13.3. The first-order valence-electron chi connectivity index (χ1n) is 6.06. The summed E-state index contributed by atoms with van der Waals surface area (Å²) in [6.45, 7) is 3.68. The van der Waals surface area contributed by atoms with Gasteiger partial charge in [0.25, 0.3) is 0 Å². The molecule has 0 spiro atoms. The van der Waals surface area contributed by atoms with Gasteiger partial charge in [-0.1, -0.05) is 13.3 Å². The van der Waals surface area contributed by atoms with Crippen LogP contribution < -0.4 is 0 Å². The number of aliphatic hydroxyl groups is 1. The second kappa shape index (κ2) is 8.06. The Kier molecular flexibility index (Phi) is 7.54. The maximum atomic E-state index is 11.8. The Bertz CT molecular complexity index is 251. The first kappa shape index (κ1) is 15.9. The molecule has 0 aromatic rings. The standard InChI is InChI=1S/C12H22O5/c1-3-7-12(10(14)15,8-5-6-9-13)11(16)17-4-2/h13H,3-9H2,1-2H3,(H,14,15). The number of ether oxygens (including phenoxy) is 1. The van der Waals surface area contributed by atoms with E-state index in [4.69, 9.17) is 9.84 Å². The van der Waals surface area contributed by atoms with E-state index in [9.17, 15) is 14.7 Å². The van der Waals surface area contributed by atoms with Crippen molar-refractivity contribution in [2.75, 3.05) is 13.2 Å². The van der Waals surface area contributed by atoms with Gasteiger partial charge in [-0.3, -0.25) is 9.59 Å². The van der Waals surface area contributed by atoms with E-state index in [2.05, 4.69) is 0 Å². The van der Waals surface area contributed by atoms with Crippen molar-refractivity contribution in [1.29, 1.82) is 0 Å². The third-order valence-electron chi connectivity index (χ3n) is 2.76. The van der Waals surface area contributed by atoms with Gasteiger partial charge in [-0.05, 0) is 32.6 Å². The zero-order valence-corrected chi connectivity index (χ0v) is 10.6. The molecule has 0 radical (unpaired) electrons. The summed E-state index contributed by atoms with van der Waals surface area (Å²) in [5, 5.41) is 18.0. The van der Waals surface area contributed by atoms with Crippen molar-refractivity contribution in [3.63, 3.8) is 0 Å². The molecule has 0 aliphatic carbocycles. The number of aliphatic hydroxyl groups excluding tert-OH is 1. The number of carboxylic acids is 1. The summed E-state index contributed by atoms with van der Waals surface area (Å²) in [5.74, 6) is -1.79. The Balaban J connectivity index is 4.84. The quantitative estimate of drug-likeness (QED) is 0.366. The lowest BCUT2D eigenvalue weighted by atomic mass is 9.78. The highest BCUT2D eigenvalue weighted by Crippen LogP contribution is 2.32. The number of esters is 1. The van der Waals surface area contributed by atoms with Gasteiger partial charge < -0.3 is 14.9 Å². The van der Waals surface area contributed by atoms with Crippen molar-refractivity contribution < 1.29 is 24.5 Å². The van der Waals surface area contributed by atoms with Crippen LogP contribution >= 0.6 is 0 Å². The fourth-order valence-corrected chi connectivity index (χ4v) is 1.86. The van der Waals surface area contributed by atoms with Crippen molar-refractivity contribution >= 4 is 11.9 Å². The van der Waals surface area contributed by atoms with Crippen LogP contribution in [-0.2, 0) is 14.3 Å². The van der Waals surface area contributed by atoms with Gasteiger partial charge in [0.1, 0.15) is 0 Å². The van der Waals surface area contributed by atoms with Crippen molar-refractivity contribution in [3.05, 3.63) is 0 Å². The average molecular weight is 246 g/mol. The minimum absolute atomic E-state index is 0.00461. The number of hydrogen-bond acceptors (Lipinski definition) is 4. The predicted octanol–water partition coefficient (Wildman–Crippen LogP) is 1.58. The van der Waals surface area contributed by atoms with Crippen LogP contribution in [0.3, 0.4) is 0 Å². The Labute approximate surface area is 102 Å². The van der Waals surface area contributed by atoms with Crippen LogP contribution in [0.25, 0.3) is 0 Å². The molecule has 5 nitrogen and oxygen atoms in total. The van der Waals surface area contributed by atoms with E-state index in [1.54, 1.807) is 6.92 Å². The molecular formula is C12H22O5. The highest BCUT2D eigenvalue weighted by molar-refractivity contribution is 5.99. The predicted molar refractivity (Wildman–Crippen MR) is 62.5 cm³/mol. The maximum absolute atomic E-state index is 11.8.